The summed E-state index contributed by atoms with van der Waals surface area (Å²) in [5.41, 5.74) is 8.03. The van der Waals surface area contributed by atoms with Crippen molar-refractivity contribution in [3.63, 3.8) is 0 Å². The molecule has 2 aromatic rings. The Balaban J connectivity index is 2.42. The molecule has 0 unspecified atom stereocenters. The molecule has 0 amide bonds. The van der Waals surface area contributed by atoms with Gasteiger partial charge < -0.3 is 10.5 Å². The Morgan fingerprint density at radius 1 is 1.19 bits per heavy atom. The van der Waals surface area contributed by atoms with Crippen molar-refractivity contribution in [3.8, 4) is 5.75 Å². The molecule has 0 aliphatic carbocycles. The predicted molar refractivity (Wildman–Crippen MR) is 82.0 cm³/mol. The van der Waals surface area contributed by atoms with E-state index in [1.165, 1.54) is 7.11 Å². The molecule has 1 aromatic carbocycles. The van der Waals surface area contributed by atoms with E-state index in [0.29, 0.717) is 17.1 Å². The average molecular weight is 306 g/mol. The van der Waals surface area contributed by atoms with Gasteiger partial charge in [-0.2, -0.15) is 0 Å². The molecule has 1 heterocycles. The molecule has 0 aliphatic rings. The Hall–Kier alpha value is -2.08. The molecule has 112 valence electrons. The van der Waals surface area contributed by atoms with Crippen molar-refractivity contribution in [3.05, 3.63) is 47.3 Å². The van der Waals surface area contributed by atoms with Crippen LogP contribution >= 0.6 is 0 Å². The molecule has 5 nitrogen and oxygen atoms in total. The molecule has 0 aliphatic heterocycles. The quantitative estimate of drug-likeness (QED) is 0.876. The molecular weight excluding hydrogens is 288 g/mol. The zero-order valence-electron chi connectivity index (χ0n) is 12.3. The number of nitrogens with zero attached hydrogens (tertiary/aromatic N) is 1. The summed E-state index contributed by atoms with van der Waals surface area (Å²) in [6, 6.07) is 8.33. The van der Waals surface area contributed by atoms with E-state index < -0.39 is 9.84 Å². The van der Waals surface area contributed by atoms with Gasteiger partial charge in [-0.25, -0.2) is 8.42 Å². The number of aromatic nitrogens is 1. The first-order valence-electron chi connectivity index (χ1n) is 6.42. The molecule has 0 atom stereocenters. The highest BCUT2D eigenvalue weighted by Crippen LogP contribution is 2.24. The smallest absolute Gasteiger partial charge is 0.186 e. The number of nitrogen functional groups attached to an aromatic ring is 1. The van der Waals surface area contributed by atoms with Crippen molar-refractivity contribution >= 4 is 15.5 Å². The van der Waals surface area contributed by atoms with Gasteiger partial charge in [0, 0.05) is 17.8 Å². The van der Waals surface area contributed by atoms with Crippen LogP contribution in [0.5, 0.6) is 5.75 Å². The third-order valence-corrected chi connectivity index (χ3v) is 4.76. The van der Waals surface area contributed by atoms with Gasteiger partial charge in [-0.1, -0.05) is 6.07 Å². The van der Waals surface area contributed by atoms with Crippen molar-refractivity contribution in [1.29, 1.82) is 0 Å². The van der Waals surface area contributed by atoms with Gasteiger partial charge in [0.2, 0.25) is 0 Å². The summed E-state index contributed by atoms with van der Waals surface area (Å²) in [7, 11) is -2.02. The summed E-state index contributed by atoms with van der Waals surface area (Å²) in [6.45, 7) is 3.62. The zero-order valence-corrected chi connectivity index (χ0v) is 13.1. The van der Waals surface area contributed by atoms with Gasteiger partial charge in [0.25, 0.3) is 0 Å². The second kappa shape index (κ2) is 5.73. The van der Waals surface area contributed by atoms with E-state index in [4.69, 9.17) is 10.5 Å². The highest BCUT2D eigenvalue weighted by molar-refractivity contribution is 7.90. The number of hydrogen-bond donors (Lipinski definition) is 1. The first kappa shape index (κ1) is 15.3. The van der Waals surface area contributed by atoms with E-state index in [-0.39, 0.29) is 16.3 Å². The molecule has 0 saturated heterocycles. The molecule has 2 N–H and O–H groups in total. The summed E-state index contributed by atoms with van der Waals surface area (Å²) in [4.78, 5) is 4.39. The molecular formula is C15H18N2O3S. The molecule has 0 spiro atoms. The monoisotopic (exact) mass is 306 g/mol. The number of pyridine rings is 1. The van der Waals surface area contributed by atoms with Crippen LogP contribution < -0.4 is 10.5 Å². The van der Waals surface area contributed by atoms with Crippen LogP contribution in [0.3, 0.4) is 0 Å². The van der Waals surface area contributed by atoms with Crippen LogP contribution in [0.1, 0.15) is 17.0 Å². The summed E-state index contributed by atoms with van der Waals surface area (Å²) in [5.74, 6) is 0.378. The van der Waals surface area contributed by atoms with Crippen molar-refractivity contribution in [2.45, 2.75) is 24.5 Å². The number of anilines is 1. The van der Waals surface area contributed by atoms with E-state index in [1.807, 2.05) is 6.92 Å². The Kier molecular flexibility index (Phi) is 4.18. The second-order valence-electron chi connectivity index (χ2n) is 4.94. The fourth-order valence-electron chi connectivity index (χ4n) is 2.08. The van der Waals surface area contributed by atoms with Gasteiger partial charge >= 0.3 is 0 Å². The van der Waals surface area contributed by atoms with Gasteiger partial charge in [-0.3, -0.25) is 4.98 Å². The van der Waals surface area contributed by atoms with Crippen LogP contribution in [0.25, 0.3) is 0 Å². The second-order valence-corrected chi connectivity index (χ2v) is 6.90. The number of benzene rings is 1. The van der Waals surface area contributed by atoms with Crippen molar-refractivity contribution in [2.75, 3.05) is 12.8 Å². The summed E-state index contributed by atoms with van der Waals surface area (Å²) in [5, 5.41) is 0. The van der Waals surface area contributed by atoms with Crippen LogP contribution in [0.2, 0.25) is 0 Å². The molecule has 0 radical (unpaired) electrons. The number of aryl methyl sites for hydroxylation is 2. The van der Waals surface area contributed by atoms with Crippen molar-refractivity contribution < 1.29 is 13.2 Å². The minimum atomic E-state index is -3.55. The van der Waals surface area contributed by atoms with Gasteiger partial charge in [0.1, 0.15) is 5.75 Å². The lowest BCUT2D eigenvalue weighted by Crippen LogP contribution is -2.10. The lowest BCUT2D eigenvalue weighted by Gasteiger charge is -2.10. The Labute approximate surface area is 124 Å². The van der Waals surface area contributed by atoms with Crippen LogP contribution in [-0.2, 0) is 15.6 Å². The number of ether oxygens (including phenoxy) is 1. The van der Waals surface area contributed by atoms with E-state index in [0.717, 1.165) is 5.56 Å². The first-order chi connectivity index (χ1) is 9.81. The SMILES string of the molecule is COc1cc(C)nc(CS(=O)(=O)c2cc(C)ccc2N)c1. The van der Waals surface area contributed by atoms with Gasteiger partial charge in [0.15, 0.2) is 9.84 Å². The lowest BCUT2D eigenvalue weighted by atomic mass is 10.2. The molecule has 6 heteroatoms. The molecule has 21 heavy (non-hydrogen) atoms. The lowest BCUT2D eigenvalue weighted by molar-refractivity contribution is 0.413. The van der Waals surface area contributed by atoms with Crippen LogP contribution in [0.15, 0.2) is 35.2 Å². The third kappa shape index (κ3) is 3.52. The number of methoxy groups -OCH3 is 1. The van der Waals surface area contributed by atoms with Crippen LogP contribution in [0, 0.1) is 13.8 Å². The third-order valence-electron chi connectivity index (χ3n) is 3.06. The van der Waals surface area contributed by atoms with Crippen LogP contribution in [0.4, 0.5) is 5.69 Å². The van der Waals surface area contributed by atoms with Crippen LogP contribution in [-0.4, -0.2) is 20.5 Å². The molecule has 0 saturated carbocycles. The summed E-state index contributed by atoms with van der Waals surface area (Å²) >= 11 is 0. The Morgan fingerprint density at radius 2 is 1.90 bits per heavy atom. The van der Waals surface area contributed by atoms with Crippen molar-refractivity contribution in [2.24, 2.45) is 0 Å². The van der Waals surface area contributed by atoms with Gasteiger partial charge in [-0.15, -0.1) is 0 Å². The van der Waals surface area contributed by atoms with Crippen molar-refractivity contribution in [1.82, 2.24) is 4.98 Å². The fraction of sp³-hybridized carbons (Fsp3) is 0.267. The van der Waals surface area contributed by atoms with E-state index >= 15 is 0 Å². The normalized spacial score (nSPS) is 11.4. The maximum Gasteiger partial charge on any atom is 0.186 e. The highest BCUT2D eigenvalue weighted by atomic mass is 32.2. The minimum absolute atomic E-state index is 0.143. The van der Waals surface area contributed by atoms with E-state index in [9.17, 15) is 8.42 Å². The number of nitrogens with two attached hydrogens (primary N) is 1. The maximum absolute atomic E-state index is 12.5. The van der Waals surface area contributed by atoms with Gasteiger partial charge in [-0.05, 0) is 31.5 Å². The maximum atomic E-state index is 12.5. The first-order valence-corrected chi connectivity index (χ1v) is 8.07. The Morgan fingerprint density at radius 3 is 2.57 bits per heavy atom. The Bertz CT molecular complexity index is 770. The van der Waals surface area contributed by atoms with Gasteiger partial charge in [0.05, 0.1) is 29.1 Å². The number of sulfone groups is 1. The molecule has 1 aromatic heterocycles. The zero-order chi connectivity index (χ0) is 15.6. The average Bonchev–Trinajstić information content (AvgIpc) is 2.40. The molecule has 0 fully saturated rings. The highest BCUT2D eigenvalue weighted by Gasteiger charge is 2.20. The predicted octanol–water partition coefficient (Wildman–Crippen LogP) is 2.26. The standard InChI is InChI=1S/C15H18N2O3S/c1-10-4-5-14(16)15(6-10)21(18,19)9-12-8-13(20-3)7-11(2)17-12/h4-8H,9,16H2,1-3H3. The minimum Gasteiger partial charge on any atom is -0.497 e. The van der Waals surface area contributed by atoms with E-state index in [2.05, 4.69) is 4.98 Å². The van der Waals surface area contributed by atoms with E-state index in [1.54, 1.807) is 37.3 Å². The largest absolute Gasteiger partial charge is 0.497 e. The topological polar surface area (TPSA) is 82.3 Å². The number of hydrogen-bond acceptors (Lipinski definition) is 5. The molecule has 0 bridgehead atoms. The number of rotatable bonds is 4. The molecule has 2 rings (SSSR count). The summed E-state index contributed by atoms with van der Waals surface area (Å²) in [6.07, 6.45) is 0. The fourth-order valence-corrected chi connectivity index (χ4v) is 3.56. The summed E-state index contributed by atoms with van der Waals surface area (Å²) < 4.78 is 30.2.